The number of hydrogen-bond acceptors (Lipinski definition) is 6. The fraction of sp³-hybridized carbons (Fsp3) is 0.205. The molecule has 9 heterocycles. The molecule has 0 spiro atoms. The molecule has 0 N–H and O–H groups in total. The Morgan fingerprint density at radius 1 is 0.370 bits per heavy atom. The molecule has 0 aliphatic rings. The highest BCUT2D eigenvalue weighted by Crippen LogP contribution is 2.42. The number of fused-ring (bicyclic) bond motifs is 9. The Morgan fingerprint density at radius 3 is 1.29 bits per heavy atom. The summed E-state index contributed by atoms with van der Waals surface area (Å²) in [7, 11) is 6.29. The quantitative estimate of drug-likeness (QED) is 0.120. The lowest BCUT2D eigenvalue weighted by Gasteiger charge is -2.12. The van der Waals surface area contributed by atoms with Crippen molar-refractivity contribution in [1.29, 1.82) is 0 Å². The Morgan fingerprint density at radius 2 is 0.815 bits per heavy atom. The second-order valence-corrected chi connectivity index (χ2v) is 25.9. The van der Waals surface area contributed by atoms with Crippen LogP contribution in [0.3, 0.4) is 0 Å². The largest absolute Gasteiger partial charge is 0.437 e. The molecular weight excluding hydrogens is 1130 g/mol. The van der Waals surface area contributed by atoms with Crippen LogP contribution in [0.25, 0.3) is 133 Å². The van der Waals surface area contributed by atoms with Crippen molar-refractivity contribution in [2.24, 2.45) is 33.0 Å². The van der Waals surface area contributed by atoms with E-state index in [0.29, 0.717) is 34.9 Å². The summed E-state index contributed by atoms with van der Waals surface area (Å²) in [6.45, 7) is 19.9. The first-order valence-electron chi connectivity index (χ1n) is 32.1. The van der Waals surface area contributed by atoms with E-state index in [1.807, 2.05) is 18.2 Å². The van der Waals surface area contributed by atoms with Crippen LogP contribution in [0.15, 0.2) is 232 Å². The molecule has 9 aromatic heterocycles. The number of hydrogen-bond donors (Lipinski definition) is 0. The first-order valence-corrected chi connectivity index (χ1v) is 32.1. The molecule has 456 valence electrons. The van der Waals surface area contributed by atoms with E-state index in [2.05, 4.69) is 294 Å². The van der Waals surface area contributed by atoms with Gasteiger partial charge >= 0.3 is 0 Å². The Balaban J connectivity index is 0.000000126. The summed E-state index contributed by atoms with van der Waals surface area (Å²) in [6.07, 6.45) is 14.0. The van der Waals surface area contributed by atoms with Crippen LogP contribution in [0.4, 0.5) is 0 Å². The van der Waals surface area contributed by atoms with Gasteiger partial charge < -0.3 is 13.3 Å². The monoisotopic (exact) mass is 1210 g/mol. The molecule has 0 fully saturated rings. The van der Waals surface area contributed by atoms with Crippen molar-refractivity contribution in [2.75, 3.05) is 0 Å². The van der Waals surface area contributed by atoms with Crippen LogP contribution in [0, 0.1) is 32.6 Å². The average Bonchev–Trinajstić information content (AvgIpc) is 1.55. The topological polar surface area (TPSA) is 89.7 Å². The first-order chi connectivity index (χ1) is 44.6. The Bertz CT molecular complexity index is 5200. The first kappa shape index (κ1) is 60.5. The summed E-state index contributed by atoms with van der Waals surface area (Å²) >= 11 is 0. The lowest BCUT2D eigenvalue weighted by molar-refractivity contribution is -0.660. The van der Waals surface area contributed by atoms with Gasteiger partial charge in [0.1, 0.15) is 21.1 Å². The van der Waals surface area contributed by atoms with E-state index in [1.165, 1.54) is 66.8 Å². The molecule has 0 aliphatic heterocycles. The van der Waals surface area contributed by atoms with Crippen LogP contribution in [-0.2, 0) is 34.0 Å². The molecular formula is C83H79N6O3+3. The van der Waals surface area contributed by atoms with E-state index in [9.17, 15) is 0 Å². The van der Waals surface area contributed by atoms with Crippen LogP contribution in [0.5, 0.6) is 0 Å². The summed E-state index contributed by atoms with van der Waals surface area (Å²) < 4.78 is 25.3. The standard InChI is InChI=1S/2C28H27N2O.C27H25N2O/c1-18(2)16-20-8-10-21(11-9-20)22-12-14-25(30(4)17-22)26-19(3)7-13-23-24-6-5-15-29-28(24)31-27(23)26;1-18(2)16-20-8-10-21(11-9-20)22-13-15-30(4)25(17-22)26-19(3)7-12-23-24-6-5-14-29-28(24)31-27(23)26;1-17(2)19-10-12-20(13-11-19)21-8-6-16-29(4)25(21)24-18(3)9-14-22-23-7-5-15-28-27(23)30-26(22)24/h2*5-15,17-18H,16H2,1-4H3;5-17H,1-4H3/q3*+1. The molecule has 0 aliphatic carbocycles. The number of pyridine rings is 6. The van der Waals surface area contributed by atoms with Crippen molar-refractivity contribution < 1.29 is 27.0 Å². The van der Waals surface area contributed by atoms with E-state index in [0.717, 1.165) is 95.7 Å². The van der Waals surface area contributed by atoms with E-state index in [-0.39, 0.29) is 0 Å². The van der Waals surface area contributed by atoms with Gasteiger partial charge in [-0.2, -0.15) is 0 Å². The third-order valence-electron chi connectivity index (χ3n) is 17.8. The van der Waals surface area contributed by atoms with Crippen LogP contribution in [-0.4, -0.2) is 15.0 Å². The Labute approximate surface area is 539 Å². The number of furan rings is 3. The molecule has 9 nitrogen and oxygen atoms in total. The fourth-order valence-electron chi connectivity index (χ4n) is 13.1. The summed E-state index contributed by atoms with van der Waals surface area (Å²) in [6, 6.07) is 65.0. The minimum absolute atomic E-state index is 0.518. The van der Waals surface area contributed by atoms with E-state index in [4.69, 9.17) is 13.3 Å². The highest BCUT2D eigenvalue weighted by Gasteiger charge is 2.27. The van der Waals surface area contributed by atoms with Gasteiger partial charge in [-0.1, -0.05) is 151 Å². The number of aromatic nitrogens is 6. The molecule has 0 saturated heterocycles. The number of rotatable bonds is 11. The fourth-order valence-corrected chi connectivity index (χ4v) is 13.1. The Kier molecular flexibility index (Phi) is 16.8. The minimum atomic E-state index is 0.518. The van der Waals surface area contributed by atoms with Crippen molar-refractivity contribution >= 4 is 66.2 Å². The smallest absolute Gasteiger partial charge is 0.227 e. The molecule has 9 heteroatoms. The van der Waals surface area contributed by atoms with Gasteiger partial charge in [-0.15, -0.1) is 0 Å². The molecule has 0 radical (unpaired) electrons. The molecule has 6 aromatic carbocycles. The van der Waals surface area contributed by atoms with Gasteiger partial charge in [-0.25, -0.2) is 28.7 Å². The Hall–Kier alpha value is -10.4. The van der Waals surface area contributed by atoms with Crippen LogP contribution >= 0.6 is 0 Å². The molecule has 0 amide bonds. The normalized spacial score (nSPS) is 11.6. The van der Waals surface area contributed by atoms with E-state index >= 15 is 0 Å². The van der Waals surface area contributed by atoms with Crippen LogP contribution < -0.4 is 13.7 Å². The summed E-state index contributed by atoms with van der Waals surface area (Å²) in [5.74, 6) is 1.85. The third-order valence-corrected chi connectivity index (χ3v) is 17.8. The zero-order valence-electron chi connectivity index (χ0n) is 54.8. The summed E-state index contributed by atoms with van der Waals surface area (Å²) in [5.41, 5.74) is 26.5. The minimum Gasteiger partial charge on any atom is -0.437 e. The van der Waals surface area contributed by atoms with Gasteiger partial charge in [0.15, 0.2) is 35.3 Å². The molecule has 0 atom stereocenters. The molecule has 92 heavy (non-hydrogen) atoms. The van der Waals surface area contributed by atoms with Gasteiger partial charge in [-0.05, 0) is 156 Å². The van der Waals surface area contributed by atoms with Gasteiger partial charge in [0.05, 0.1) is 22.3 Å². The molecule has 15 rings (SSSR count). The predicted molar refractivity (Wildman–Crippen MR) is 376 cm³/mol. The van der Waals surface area contributed by atoms with Crippen molar-refractivity contribution in [2.45, 2.75) is 81.1 Å². The van der Waals surface area contributed by atoms with Crippen LogP contribution in [0.1, 0.15) is 80.8 Å². The van der Waals surface area contributed by atoms with Crippen LogP contribution in [0.2, 0.25) is 0 Å². The zero-order chi connectivity index (χ0) is 63.9. The number of aryl methyl sites for hydroxylation is 6. The maximum Gasteiger partial charge on any atom is 0.227 e. The summed E-state index contributed by atoms with van der Waals surface area (Å²) in [5, 5.41) is 6.47. The van der Waals surface area contributed by atoms with Crippen molar-refractivity contribution in [1.82, 2.24) is 15.0 Å². The lowest BCUT2D eigenvalue weighted by atomic mass is 9.93. The second-order valence-electron chi connectivity index (χ2n) is 25.9. The van der Waals surface area contributed by atoms with Gasteiger partial charge in [0.2, 0.25) is 34.2 Å². The van der Waals surface area contributed by atoms with Crippen molar-refractivity contribution in [3.8, 4) is 67.2 Å². The molecule has 15 aromatic rings. The van der Waals surface area contributed by atoms with Crippen molar-refractivity contribution in [3.05, 3.63) is 253 Å². The van der Waals surface area contributed by atoms with Gasteiger partial charge in [0.25, 0.3) is 0 Å². The zero-order valence-corrected chi connectivity index (χ0v) is 54.8. The third kappa shape index (κ3) is 11.9. The van der Waals surface area contributed by atoms with E-state index in [1.54, 1.807) is 18.6 Å². The average molecular weight is 1210 g/mol. The second kappa shape index (κ2) is 25.5. The summed E-state index contributed by atoms with van der Waals surface area (Å²) in [4.78, 5) is 13.3. The molecule has 0 unspecified atom stereocenters. The van der Waals surface area contributed by atoms with Crippen molar-refractivity contribution in [3.63, 3.8) is 0 Å². The highest BCUT2D eigenvalue weighted by atomic mass is 16.3. The van der Waals surface area contributed by atoms with Gasteiger partial charge in [-0.3, -0.25) is 0 Å². The predicted octanol–water partition coefficient (Wildman–Crippen LogP) is 19.9. The highest BCUT2D eigenvalue weighted by molar-refractivity contribution is 6.11. The maximum atomic E-state index is 6.29. The molecule has 0 bridgehead atoms. The SMILES string of the molecule is Cc1ccc2c(oc3ncccc32)c1-c1c(-c2ccc(C(C)C)cc2)ccc[n+]1C.Cc1ccc2c(oc3ncccc32)c1-c1cc(-c2ccc(CC(C)C)cc2)cc[n+]1C.Cc1ccc2c(oc3ncccc32)c1-c1ccc(-c2ccc(CC(C)C)cc2)c[n+]1C. The van der Waals surface area contributed by atoms with E-state index < -0.39 is 0 Å². The maximum absolute atomic E-state index is 6.29. The lowest BCUT2D eigenvalue weighted by Crippen LogP contribution is -2.31. The molecule has 0 saturated carbocycles. The van der Waals surface area contributed by atoms with Gasteiger partial charge in [0, 0.05) is 80.7 Å². The number of benzene rings is 6. The number of nitrogens with zero attached hydrogens (tertiary/aromatic N) is 6.